The van der Waals surface area contributed by atoms with Crippen LogP contribution < -0.4 is 5.32 Å². The second kappa shape index (κ2) is 5.52. The first-order valence-electron chi connectivity index (χ1n) is 6.80. The van der Waals surface area contributed by atoms with Gasteiger partial charge in [0.15, 0.2) is 0 Å². The quantitative estimate of drug-likeness (QED) is 0.864. The Bertz CT molecular complexity index is 632. The lowest BCUT2D eigenvalue weighted by Gasteiger charge is -2.33. The highest BCUT2D eigenvalue weighted by molar-refractivity contribution is 6.06. The molecule has 0 unspecified atom stereocenters. The van der Waals surface area contributed by atoms with Crippen molar-refractivity contribution in [3.05, 3.63) is 35.1 Å². The number of amides is 3. The van der Waals surface area contributed by atoms with Crippen molar-refractivity contribution in [1.82, 2.24) is 10.2 Å². The van der Waals surface area contributed by atoms with Crippen LogP contribution in [0.1, 0.15) is 37.8 Å². The molecular formula is C15H16FN3O2. The molecule has 1 aromatic carbocycles. The van der Waals surface area contributed by atoms with Crippen molar-refractivity contribution < 1.29 is 14.0 Å². The fourth-order valence-electron chi connectivity index (χ4n) is 2.75. The highest BCUT2D eigenvalue weighted by Gasteiger charge is 2.50. The molecule has 110 valence electrons. The van der Waals surface area contributed by atoms with Crippen molar-refractivity contribution >= 4 is 11.9 Å². The van der Waals surface area contributed by atoms with Gasteiger partial charge in [-0.25, -0.2) is 9.18 Å². The number of urea groups is 1. The summed E-state index contributed by atoms with van der Waals surface area (Å²) in [5.41, 5.74) is -0.242. The molecule has 1 aliphatic rings. The average molecular weight is 289 g/mol. The number of nitrogens with zero attached hydrogens (tertiary/aromatic N) is 2. The molecule has 1 aromatic rings. The number of imide groups is 1. The Morgan fingerprint density at radius 3 is 2.57 bits per heavy atom. The maximum absolute atomic E-state index is 13.4. The van der Waals surface area contributed by atoms with Gasteiger partial charge in [-0.05, 0) is 36.6 Å². The maximum atomic E-state index is 13.4. The van der Waals surface area contributed by atoms with Crippen molar-refractivity contribution in [3.8, 4) is 6.07 Å². The summed E-state index contributed by atoms with van der Waals surface area (Å²) in [6.07, 6.45) is 0.913. The summed E-state index contributed by atoms with van der Waals surface area (Å²) in [7, 11) is 0. The summed E-state index contributed by atoms with van der Waals surface area (Å²) in [6.45, 7) is 3.68. The van der Waals surface area contributed by atoms with E-state index in [9.17, 15) is 14.0 Å². The molecule has 3 amide bonds. The van der Waals surface area contributed by atoms with Crippen molar-refractivity contribution in [2.75, 3.05) is 0 Å². The Morgan fingerprint density at radius 1 is 1.33 bits per heavy atom. The summed E-state index contributed by atoms with van der Waals surface area (Å²) >= 11 is 0. The predicted molar refractivity (Wildman–Crippen MR) is 73.5 cm³/mol. The monoisotopic (exact) mass is 289 g/mol. The van der Waals surface area contributed by atoms with E-state index >= 15 is 0 Å². The topological polar surface area (TPSA) is 73.2 Å². The van der Waals surface area contributed by atoms with Gasteiger partial charge in [-0.3, -0.25) is 10.1 Å². The van der Waals surface area contributed by atoms with E-state index in [2.05, 4.69) is 5.32 Å². The predicted octanol–water partition coefficient (Wildman–Crippen LogP) is 2.31. The number of rotatable bonds is 4. The highest BCUT2D eigenvalue weighted by Crippen LogP contribution is 2.31. The Balaban J connectivity index is 2.42. The summed E-state index contributed by atoms with van der Waals surface area (Å²) in [4.78, 5) is 25.5. The normalized spacial score (nSPS) is 16.8. The Labute approximate surface area is 122 Å². The van der Waals surface area contributed by atoms with E-state index < -0.39 is 17.4 Å². The van der Waals surface area contributed by atoms with Crippen molar-refractivity contribution in [2.24, 2.45) is 0 Å². The molecule has 0 bridgehead atoms. The van der Waals surface area contributed by atoms with Gasteiger partial charge >= 0.3 is 6.03 Å². The molecule has 1 heterocycles. The molecule has 0 radical (unpaired) electrons. The van der Waals surface area contributed by atoms with Crippen molar-refractivity contribution in [2.45, 2.75) is 38.8 Å². The van der Waals surface area contributed by atoms with Crippen molar-refractivity contribution in [1.29, 1.82) is 5.26 Å². The highest BCUT2D eigenvalue weighted by atomic mass is 19.1. The molecular weight excluding hydrogens is 273 g/mol. The number of halogens is 1. The smallest absolute Gasteiger partial charge is 0.305 e. The molecule has 0 aromatic heterocycles. The van der Waals surface area contributed by atoms with Crippen LogP contribution in [0.2, 0.25) is 0 Å². The molecule has 21 heavy (non-hydrogen) atoms. The number of carbonyl (C=O) groups excluding carboxylic acids is 2. The first kappa shape index (κ1) is 15.0. The molecule has 0 atom stereocenters. The minimum absolute atomic E-state index is 0.0277. The third-order valence-electron chi connectivity index (χ3n) is 4.09. The van der Waals surface area contributed by atoms with E-state index in [4.69, 9.17) is 5.26 Å². The second-order valence-electron chi connectivity index (χ2n) is 5.00. The third kappa shape index (κ3) is 2.35. The lowest BCUT2D eigenvalue weighted by molar-refractivity contribution is -0.127. The first-order chi connectivity index (χ1) is 9.98. The Kier molecular flexibility index (Phi) is 3.94. The Hall–Kier alpha value is -2.42. The van der Waals surface area contributed by atoms with Crippen LogP contribution in [0.15, 0.2) is 18.2 Å². The first-order valence-corrected chi connectivity index (χ1v) is 6.80. The van der Waals surface area contributed by atoms with Crippen LogP contribution in [0.5, 0.6) is 0 Å². The molecule has 1 aliphatic heterocycles. The van der Waals surface area contributed by atoms with Crippen LogP contribution in [0.3, 0.4) is 0 Å². The van der Waals surface area contributed by atoms with Crippen LogP contribution in [0.25, 0.3) is 0 Å². The lowest BCUT2D eigenvalue weighted by atomic mass is 9.90. The molecule has 1 saturated heterocycles. The third-order valence-corrected chi connectivity index (χ3v) is 4.09. The summed E-state index contributed by atoms with van der Waals surface area (Å²) in [5.74, 6) is -0.819. The number of nitrogens with one attached hydrogen (secondary N) is 1. The minimum atomic E-state index is -0.934. The fourth-order valence-corrected chi connectivity index (χ4v) is 2.75. The number of hydrogen-bond donors (Lipinski definition) is 1. The van der Waals surface area contributed by atoms with Gasteiger partial charge in [-0.1, -0.05) is 13.8 Å². The van der Waals surface area contributed by atoms with E-state index in [1.54, 1.807) is 0 Å². The van der Waals surface area contributed by atoms with E-state index in [-0.39, 0.29) is 12.5 Å². The fraction of sp³-hybridized carbons (Fsp3) is 0.400. The van der Waals surface area contributed by atoms with E-state index in [1.807, 2.05) is 19.9 Å². The standard InChI is InChI=1S/C15H16FN3O2/c1-3-15(4-2)13(20)18-14(21)19(15)9-11-7-12(16)6-5-10(11)8-17/h5-7H,3-4,9H2,1-2H3,(H,18,20,21). The SMILES string of the molecule is CCC1(CC)C(=O)NC(=O)N1Cc1cc(F)ccc1C#N. The van der Waals surface area contributed by atoms with Crippen LogP contribution in [-0.4, -0.2) is 22.4 Å². The van der Waals surface area contributed by atoms with E-state index in [0.29, 0.717) is 24.0 Å². The largest absolute Gasteiger partial charge is 0.325 e. The van der Waals surface area contributed by atoms with Crippen LogP contribution in [0.4, 0.5) is 9.18 Å². The molecule has 5 nitrogen and oxygen atoms in total. The average Bonchev–Trinajstić information content (AvgIpc) is 2.70. The molecule has 0 saturated carbocycles. The molecule has 0 spiro atoms. The lowest BCUT2D eigenvalue weighted by Crippen LogP contribution is -2.48. The zero-order chi connectivity index (χ0) is 15.6. The summed E-state index contributed by atoms with van der Waals surface area (Å²) in [5, 5.41) is 11.4. The number of hydrogen-bond acceptors (Lipinski definition) is 3. The zero-order valence-corrected chi connectivity index (χ0v) is 11.9. The van der Waals surface area contributed by atoms with E-state index in [1.165, 1.54) is 23.1 Å². The van der Waals surface area contributed by atoms with Gasteiger partial charge in [0.2, 0.25) is 0 Å². The van der Waals surface area contributed by atoms with Gasteiger partial charge in [0.1, 0.15) is 11.4 Å². The van der Waals surface area contributed by atoms with Gasteiger partial charge in [-0.2, -0.15) is 5.26 Å². The van der Waals surface area contributed by atoms with Gasteiger partial charge in [-0.15, -0.1) is 0 Å². The van der Waals surface area contributed by atoms with Crippen LogP contribution in [-0.2, 0) is 11.3 Å². The van der Waals surface area contributed by atoms with Crippen LogP contribution >= 0.6 is 0 Å². The van der Waals surface area contributed by atoms with Crippen LogP contribution in [0, 0.1) is 17.1 Å². The molecule has 1 N–H and O–H groups in total. The van der Waals surface area contributed by atoms with Gasteiger partial charge in [0.25, 0.3) is 5.91 Å². The Morgan fingerprint density at radius 2 is 2.00 bits per heavy atom. The summed E-state index contributed by atoms with van der Waals surface area (Å²) in [6, 6.07) is 5.27. The minimum Gasteiger partial charge on any atom is -0.305 e. The number of carbonyl (C=O) groups is 2. The van der Waals surface area contributed by atoms with Gasteiger partial charge < -0.3 is 4.90 Å². The van der Waals surface area contributed by atoms with E-state index in [0.717, 1.165) is 0 Å². The van der Waals surface area contributed by atoms with Crippen molar-refractivity contribution in [3.63, 3.8) is 0 Å². The molecule has 6 heteroatoms. The molecule has 2 rings (SSSR count). The number of nitriles is 1. The van der Waals surface area contributed by atoms with Gasteiger partial charge in [0.05, 0.1) is 11.6 Å². The second-order valence-corrected chi connectivity index (χ2v) is 5.00. The molecule has 1 fully saturated rings. The molecule has 0 aliphatic carbocycles. The summed E-state index contributed by atoms with van der Waals surface area (Å²) < 4.78 is 13.4. The zero-order valence-electron chi connectivity index (χ0n) is 11.9. The van der Waals surface area contributed by atoms with Gasteiger partial charge in [0, 0.05) is 6.54 Å². The number of benzene rings is 1. The maximum Gasteiger partial charge on any atom is 0.325 e.